The normalized spacial score (nSPS) is 10.5. The van der Waals surface area contributed by atoms with Crippen molar-refractivity contribution in [2.24, 2.45) is 0 Å². The highest BCUT2D eigenvalue weighted by Crippen LogP contribution is 2.25. The zero-order chi connectivity index (χ0) is 8.55. The Kier molecular flexibility index (Phi) is 1.83. The van der Waals surface area contributed by atoms with Crippen LogP contribution in [0.1, 0.15) is 0 Å². The van der Waals surface area contributed by atoms with Crippen molar-refractivity contribution in [1.82, 2.24) is 15.0 Å². The molecule has 2 aromatic heterocycles. The summed E-state index contributed by atoms with van der Waals surface area (Å²) in [6.07, 6.45) is 4.48. The van der Waals surface area contributed by atoms with Gasteiger partial charge in [-0.25, -0.2) is 9.97 Å². The molecule has 0 saturated carbocycles. The van der Waals surface area contributed by atoms with Gasteiger partial charge in [-0.3, -0.25) is 4.98 Å². The molecule has 60 valence electrons. The zero-order valence-corrected chi connectivity index (χ0v) is 7.34. The maximum absolute atomic E-state index is 5.84. The number of pyridine rings is 1. The van der Waals surface area contributed by atoms with E-state index in [1.165, 1.54) is 12.5 Å². The largest absolute Gasteiger partial charge is 0.261 e. The molecule has 0 spiro atoms. The maximum Gasteiger partial charge on any atom is 0.141 e. The quantitative estimate of drug-likeness (QED) is 0.612. The first kappa shape index (κ1) is 7.71. The summed E-state index contributed by atoms with van der Waals surface area (Å²) >= 11 is 11.6. The number of nitrogens with zero attached hydrogens (tertiary/aromatic N) is 3. The molecule has 5 heteroatoms. The second-order valence-electron chi connectivity index (χ2n) is 2.18. The van der Waals surface area contributed by atoms with Gasteiger partial charge in [0.2, 0.25) is 0 Å². The predicted molar refractivity (Wildman–Crippen MR) is 47.4 cm³/mol. The van der Waals surface area contributed by atoms with Crippen LogP contribution in [0.5, 0.6) is 0 Å². The van der Waals surface area contributed by atoms with Gasteiger partial charge in [0.15, 0.2) is 0 Å². The number of rotatable bonds is 0. The van der Waals surface area contributed by atoms with Crippen LogP contribution in [-0.4, -0.2) is 15.0 Å². The van der Waals surface area contributed by atoms with Gasteiger partial charge in [-0.15, -0.1) is 0 Å². The molecule has 0 fully saturated rings. The minimum absolute atomic E-state index is 0.354. The average Bonchev–Trinajstić information content (AvgIpc) is 2.04. The Bertz CT molecular complexity index is 393. The fraction of sp³-hybridized carbons (Fsp3) is 0. The molecular formula is C7H3Cl2N3. The van der Waals surface area contributed by atoms with Crippen molar-refractivity contribution in [2.75, 3.05) is 0 Å². The number of aromatic nitrogens is 3. The number of halogens is 2. The van der Waals surface area contributed by atoms with Crippen LogP contribution in [0.25, 0.3) is 10.9 Å². The molecule has 0 atom stereocenters. The topological polar surface area (TPSA) is 38.7 Å². The SMILES string of the molecule is Clc1cncc2ncnc(Cl)c12. The Morgan fingerprint density at radius 3 is 2.67 bits per heavy atom. The first-order valence-electron chi connectivity index (χ1n) is 3.19. The molecule has 0 saturated heterocycles. The van der Waals surface area contributed by atoms with E-state index in [2.05, 4.69) is 15.0 Å². The first-order valence-corrected chi connectivity index (χ1v) is 3.94. The molecular weight excluding hydrogens is 197 g/mol. The highest BCUT2D eigenvalue weighted by atomic mass is 35.5. The lowest BCUT2D eigenvalue weighted by Gasteiger charge is -1.98. The van der Waals surface area contributed by atoms with Crippen LogP contribution >= 0.6 is 23.2 Å². The van der Waals surface area contributed by atoms with Gasteiger partial charge in [0, 0.05) is 6.20 Å². The summed E-state index contributed by atoms with van der Waals surface area (Å²) < 4.78 is 0. The van der Waals surface area contributed by atoms with Crippen LogP contribution in [0.2, 0.25) is 10.2 Å². The van der Waals surface area contributed by atoms with Crippen molar-refractivity contribution in [3.05, 3.63) is 28.9 Å². The molecule has 2 rings (SSSR count). The molecule has 2 heterocycles. The molecule has 0 unspecified atom stereocenters. The van der Waals surface area contributed by atoms with E-state index in [0.717, 1.165) is 0 Å². The third kappa shape index (κ3) is 1.11. The minimum atomic E-state index is 0.354. The Morgan fingerprint density at radius 1 is 1.08 bits per heavy atom. The van der Waals surface area contributed by atoms with Gasteiger partial charge < -0.3 is 0 Å². The summed E-state index contributed by atoms with van der Waals surface area (Å²) in [6, 6.07) is 0. The molecule has 0 aliphatic rings. The molecule has 0 radical (unpaired) electrons. The van der Waals surface area contributed by atoms with Gasteiger partial charge in [0.25, 0.3) is 0 Å². The third-order valence-electron chi connectivity index (χ3n) is 1.45. The summed E-state index contributed by atoms with van der Waals surface area (Å²) in [5.74, 6) is 0. The van der Waals surface area contributed by atoms with Crippen molar-refractivity contribution >= 4 is 34.1 Å². The molecule has 0 N–H and O–H groups in total. The van der Waals surface area contributed by atoms with Crippen molar-refractivity contribution in [1.29, 1.82) is 0 Å². The summed E-state index contributed by atoms with van der Waals surface area (Å²) in [4.78, 5) is 11.6. The van der Waals surface area contributed by atoms with Crippen LogP contribution in [0, 0.1) is 0 Å². The molecule has 0 amide bonds. The maximum atomic E-state index is 5.84. The zero-order valence-electron chi connectivity index (χ0n) is 5.83. The summed E-state index contributed by atoms with van der Waals surface area (Å²) in [5, 5.41) is 1.47. The van der Waals surface area contributed by atoms with Crippen molar-refractivity contribution in [3.8, 4) is 0 Å². The average molecular weight is 200 g/mol. The smallest absolute Gasteiger partial charge is 0.141 e. The Hall–Kier alpha value is -0.930. The van der Waals surface area contributed by atoms with Crippen molar-refractivity contribution < 1.29 is 0 Å². The Labute approximate surface area is 78.4 Å². The van der Waals surface area contributed by atoms with Gasteiger partial charge in [0.05, 0.1) is 22.1 Å². The van der Waals surface area contributed by atoms with E-state index in [1.54, 1.807) is 6.20 Å². The summed E-state index contributed by atoms with van der Waals surface area (Å²) in [6.45, 7) is 0. The van der Waals surface area contributed by atoms with E-state index in [4.69, 9.17) is 23.2 Å². The molecule has 0 bridgehead atoms. The van der Waals surface area contributed by atoms with Crippen molar-refractivity contribution in [2.45, 2.75) is 0 Å². The highest BCUT2D eigenvalue weighted by molar-refractivity contribution is 6.41. The standard InChI is InChI=1S/C7H3Cl2N3/c8-4-1-10-2-5-6(4)7(9)12-3-11-5/h1-3H. The third-order valence-corrected chi connectivity index (χ3v) is 2.03. The molecule has 0 aliphatic heterocycles. The lowest BCUT2D eigenvalue weighted by atomic mass is 10.3. The van der Waals surface area contributed by atoms with E-state index in [9.17, 15) is 0 Å². The fourth-order valence-corrected chi connectivity index (χ4v) is 1.47. The van der Waals surface area contributed by atoms with Crippen molar-refractivity contribution in [3.63, 3.8) is 0 Å². The lowest BCUT2D eigenvalue weighted by Crippen LogP contribution is -1.85. The number of fused-ring (bicyclic) bond motifs is 1. The Morgan fingerprint density at radius 2 is 1.92 bits per heavy atom. The van der Waals surface area contributed by atoms with E-state index in [0.29, 0.717) is 21.1 Å². The summed E-state index contributed by atoms with van der Waals surface area (Å²) in [5.41, 5.74) is 0.655. The molecule has 2 aromatic rings. The molecule has 0 aromatic carbocycles. The van der Waals surface area contributed by atoms with Gasteiger partial charge in [-0.1, -0.05) is 23.2 Å². The Balaban J connectivity index is 2.96. The second kappa shape index (κ2) is 2.84. The van der Waals surface area contributed by atoms with Gasteiger partial charge in [0.1, 0.15) is 11.5 Å². The van der Waals surface area contributed by atoms with Crippen LogP contribution in [0.15, 0.2) is 18.7 Å². The first-order chi connectivity index (χ1) is 5.79. The van der Waals surface area contributed by atoms with E-state index in [1.807, 2.05) is 0 Å². The fourth-order valence-electron chi connectivity index (χ4n) is 0.933. The van der Waals surface area contributed by atoms with Gasteiger partial charge in [-0.2, -0.15) is 0 Å². The number of hydrogen-bond donors (Lipinski definition) is 0. The summed E-state index contributed by atoms with van der Waals surface area (Å²) in [7, 11) is 0. The van der Waals surface area contributed by atoms with Gasteiger partial charge >= 0.3 is 0 Å². The van der Waals surface area contributed by atoms with E-state index < -0.39 is 0 Å². The van der Waals surface area contributed by atoms with Crippen LogP contribution < -0.4 is 0 Å². The van der Waals surface area contributed by atoms with Gasteiger partial charge in [-0.05, 0) is 0 Å². The lowest BCUT2D eigenvalue weighted by molar-refractivity contribution is 1.20. The monoisotopic (exact) mass is 199 g/mol. The highest BCUT2D eigenvalue weighted by Gasteiger charge is 2.04. The predicted octanol–water partition coefficient (Wildman–Crippen LogP) is 2.33. The van der Waals surface area contributed by atoms with E-state index in [-0.39, 0.29) is 0 Å². The van der Waals surface area contributed by atoms with Crippen LogP contribution in [0.4, 0.5) is 0 Å². The van der Waals surface area contributed by atoms with Crippen LogP contribution in [-0.2, 0) is 0 Å². The second-order valence-corrected chi connectivity index (χ2v) is 2.95. The van der Waals surface area contributed by atoms with Crippen LogP contribution in [0.3, 0.4) is 0 Å². The molecule has 3 nitrogen and oxygen atoms in total. The number of hydrogen-bond acceptors (Lipinski definition) is 3. The molecule has 0 aliphatic carbocycles. The molecule has 12 heavy (non-hydrogen) atoms. The van der Waals surface area contributed by atoms with E-state index >= 15 is 0 Å². The minimum Gasteiger partial charge on any atom is -0.261 e.